The van der Waals surface area contributed by atoms with Gasteiger partial charge in [-0.05, 0) is 42.0 Å². The Labute approximate surface area is 153 Å². The maximum absolute atomic E-state index is 12.3. The van der Waals surface area contributed by atoms with Crippen LogP contribution in [0.5, 0.6) is 0 Å². The van der Waals surface area contributed by atoms with Gasteiger partial charge < -0.3 is 10.4 Å². The van der Waals surface area contributed by atoms with Crippen LogP contribution in [-0.4, -0.2) is 36.1 Å². The number of fused-ring (bicyclic) bond motifs is 1. The molecule has 0 radical (unpaired) electrons. The van der Waals surface area contributed by atoms with Crippen LogP contribution >= 0.6 is 11.7 Å². The molecule has 0 saturated heterocycles. The number of carbonyl (C=O) groups is 1. The number of benzene rings is 2. The molecule has 2 aromatic heterocycles. The number of amides is 1. The van der Waals surface area contributed by atoms with Crippen molar-refractivity contribution in [2.75, 3.05) is 6.54 Å². The first-order valence-electron chi connectivity index (χ1n) is 7.99. The number of rotatable bonds is 5. The summed E-state index contributed by atoms with van der Waals surface area (Å²) in [5.74, 6) is -0.257. The zero-order chi connectivity index (χ0) is 17.9. The topological polar surface area (TPSA) is 92.9 Å². The normalized spacial score (nSPS) is 12.2. The van der Waals surface area contributed by atoms with Crippen LogP contribution in [0.4, 0.5) is 0 Å². The molecule has 2 N–H and O–H groups in total. The van der Waals surface area contributed by atoms with Crippen LogP contribution in [-0.2, 0) is 0 Å². The Kier molecular flexibility index (Phi) is 4.42. The van der Waals surface area contributed by atoms with E-state index in [0.717, 1.165) is 28.5 Å². The van der Waals surface area contributed by atoms with Crippen LogP contribution in [0.2, 0.25) is 0 Å². The van der Waals surface area contributed by atoms with E-state index in [1.54, 1.807) is 29.1 Å². The third kappa shape index (κ3) is 3.32. The second-order valence-electron chi connectivity index (χ2n) is 5.74. The molecule has 4 aromatic rings. The van der Waals surface area contributed by atoms with E-state index in [1.165, 1.54) is 0 Å². The van der Waals surface area contributed by atoms with Crippen molar-refractivity contribution in [1.82, 2.24) is 23.8 Å². The molecule has 1 atom stereocenters. The highest BCUT2D eigenvalue weighted by Gasteiger charge is 2.12. The predicted octanol–water partition coefficient (Wildman–Crippen LogP) is 2.34. The molecule has 0 aliphatic heterocycles. The van der Waals surface area contributed by atoms with Gasteiger partial charge in [-0.15, -0.1) is 0 Å². The summed E-state index contributed by atoms with van der Waals surface area (Å²) in [7, 11) is 0. The number of hydrogen-bond acceptors (Lipinski definition) is 6. The van der Waals surface area contributed by atoms with Crippen LogP contribution < -0.4 is 5.32 Å². The minimum Gasteiger partial charge on any atom is -0.387 e. The summed E-state index contributed by atoms with van der Waals surface area (Å²) in [6.07, 6.45) is 2.76. The summed E-state index contributed by atoms with van der Waals surface area (Å²) in [6.45, 7) is 0.118. The first-order chi connectivity index (χ1) is 12.7. The molecule has 0 saturated carbocycles. The molecule has 26 heavy (non-hydrogen) atoms. The quantitative estimate of drug-likeness (QED) is 0.566. The van der Waals surface area contributed by atoms with Crippen molar-refractivity contribution in [3.05, 3.63) is 72.1 Å². The van der Waals surface area contributed by atoms with Gasteiger partial charge in [0.05, 0.1) is 23.5 Å². The standard InChI is InChI=1S/C18H15N5O2S/c24-17(12-2-5-14(6-3-12)23-9-1-8-20-23)11-19-18(25)13-4-7-15-16(10-13)22-26-21-15/h1-10,17,24H,11H2,(H,19,25). The van der Waals surface area contributed by atoms with E-state index in [2.05, 4.69) is 19.2 Å². The van der Waals surface area contributed by atoms with Crippen molar-refractivity contribution in [3.8, 4) is 5.69 Å². The molecule has 0 aliphatic carbocycles. The largest absolute Gasteiger partial charge is 0.387 e. The van der Waals surface area contributed by atoms with Gasteiger partial charge in [0.15, 0.2) is 0 Å². The van der Waals surface area contributed by atoms with Gasteiger partial charge in [0.1, 0.15) is 11.0 Å². The van der Waals surface area contributed by atoms with Gasteiger partial charge in [0.2, 0.25) is 0 Å². The van der Waals surface area contributed by atoms with Crippen molar-refractivity contribution in [1.29, 1.82) is 0 Å². The third-order valence-corrected chi connectivity index (χ3v) is 4.58. The number of aliphatic hydroxyl groups excluding tert-OH is 1. The number of carbonyl (C=O) groups excluding carboxylic acids is 1. The third-order valence-electron chi connectivity index (χ3n) is 4.02. The lowest BCUT2D eigenvalue weighted by molar-refractivity contribution is 0.0916. The van der Waals surface area contributed by atoms with Crippen molar-refractivity contribution in [2.24, 2.45) is 0 Å². The average molecular weight is 365 g/mol. The van der Waals surface area contributed by atoms with Crippen molar-refractivity contribution in [3.63, 3.8) is 0 Å². The van der Waals surface area contributed by atoms with Gasteiger partial charge in [-0.25, -0.2) is 4.68 Å². The smallest absolute Gasteiger partial charge is 0.251 e. The Morgan fingerprint density at radius 3 is 2.73 bits per heavy atom. The molecule has 0 spiro atoms. The summed E-state index contributed by atoms with van der Waals surface area (Å²) in [4.78, 5) is 12.3. The van der Waals surface area contributed by atoms with Gasteiger partial charge in [-0.3, -0.25) is 4.79 Å². The Morgan fingerprint density at radius 1 is 1.15 bits per heavy atom. The molecule has 0 aliphatic rings. The number of aliphatic hydroxyl groups is 1. The second-order valence-corrected chi connectivity index (χ2v) is 6.26. The molecular weight excluding hydrogens is 350 g/mol. The van der Waals surface area contributed by atoms with Crippen molar-refractivity contribution in [2.45, 2.75) is 6.10 Å². The fourth-order valence-electron chi connectivity index (χ4n) is 2.60. The predicted molar refractivity (Wildman–Crippen MR) is 98.3 cm³/mol. The van der Waals surface area contributed by atoms with Crippen molar-refractivity contribution < 1.29 is 9.90 Å². The van der Waals surface area contributed by atoms with Crippen LogP contribution in [0.1, 0.15) is 22.0 Å². The van der Waals surface area contributed by atoms with E-state index in [9.17, 15) is 9.90 Å². The molecule has 1 unspecified atom stereocenters. The Balaban J connectivity index is 1.39. The maximum Gasteiger partial charge on any atom is 0.251 e. The van der Waals surface area contributed by atoms with Crippen LogP contribution in [0.25, 0.3) is 16.7 Å². The summed E-state index contributed by atoms with van der Waals surface area (Å²) in [6, 6.07) is 14.4. The molecule has 0 bridgehead atoms. The van der Waals surface area contributed by atoms with Gasteiger partial charge in [0, 0.05) is 24.5 Å². The zero-order valence-corrected chi connectivity index (χ0v) is 14.4. The van der Waals surface area contributed by atoms with E-state index >= 15 is 0 Å². The molecule has 2 aromatic carbocycles. The zero-order valence-electron chi connectivity index (χ0n) is 13.6. The molecule has 0 fully saturated rings. The lowest BCUT2D eigenvalue weighted by Gasteiger charge is -2.13. The monoisotopic (exact) mass is 365 g/mol. The molecule has 2 heterocycles. The molecular formula is C18H15N5O2S. The minimum absolute atomic E-state index is 0.118. The van der Waals surface area contributed by atoms with Gasteiger partial charge in [0.25, 0.3) is 5.91 Å². The Bertz CT molecular complexity index is 1030. The van der Waals surface area contributed by atoms with Gasteiger partial charge >= 0.3 is 0 Å². The molecule has 130 valence electrons. The summed E-state index contributed by atoms with van der Waals surface area (Å²) < 4.78 is 9.98. The molecule has 8 heteroatoms. The maximum atomic E-state index is 12.3. The van der Waals surface area contributed by atoms with E-state index in [0.29, 0.717) is 11.1 Å². The molecule has 4 rings (SSSR count). The lowest BCUT2D eigenvalue weighted by atomic mass is 10.1. The summed E-state index contributed by atoms with van der Waals surface area (Å²) in [5, 5.41) is 17.2. The highest BCUT2D eigenvalue weighted by Crippen LogP contribution is 2.16. The SMILES string of the molecule is O=C(NCC(O)c1ccc(-n2cccn2)cc1)c1ccc2nsnc2c1. The fraction of sp³-hybridized carbons (Fsp3) is 0.111. The van der Waals surface area contributed by atoms with Gasteiger partial charge in [-0.1, -0.05) is 12.1 Å². The number of hydrogen-bond donors (Lipinski definition) is 2. The minimum atomic E-state index is -0.796. The first kappa shape index (κ1) is 16.4. The van der Waals surface area contributed by atoms with Crippen LogP contribution in [0.3, 0.4) is 0 Å². The summed E-state index contributed by atoms with van der Waals surface area (Å²) in [5.41, 5.74) is 3.58. The summed E-state index contributed by atoms with van der Waals surface area (Å²) >= 11 is 1.11. The van der Waals surface area contributed by atoms with Crippen LogP contribution in [0.15, 0.2) is 60.9 Å². The fourth-order valence-corrected chi connectivity index (χ4v) is 3.12. The van der Waals surface area contributed by atoms with E-state index < -0.39 is 6.10 Å². The van der Waals surface area contributed by atoms with Crippen molar-refractivity contribution >= 4 is 28.7 Å². The number of nitrogens with zero attached hydrogens (tertiary/aromatic N) is 4. The molecule has 1 amide bonds. The van der Waals surface area contributed by atoms with Crippen LogP contribution in [0, 0.1) is 0 Å². The Hall–Kier alpha value is -3.10. The van der Waals surface area contributed by atoms with E-state index in [1.807, 2.05) is 36.5 Å². The van der Waals surface area contributed by atoms with E-state index in [4.69, 9.17) is 0 Å². The lowest BCUT2D eigenvalue weighted by Crippen LogP contribution is -2.28. The molecule has 7 nitrogen and oxygen atoms in total. The highest BCUT2D eigenvalue weighted by molar-refractivity contribution is 7.00. The first-order valence-corrected chi connectivity index (χ1v) is 8.72. The number of nitrogens with one attached hydrogen (secondary N) is 1. The Morgan fingerprint density at radius 2 is 1.96 bits per heavy atom. The average Bonchev–Trinajstić information content (AvgIpc) is 3.37. The second kappa shape index (κ2) is 7.03. The highest BCUT2D eigenvalue weighted by atomic mass is 32.1. The van der Waals surface area contributed by atoms with E-state index in [-0.39, 0.29) is 12.5 Å². The van der Waals surface area contributed by atoms with Gasteiger partial charge in [-0.2, -0.15) is 13.8 Å². The number of aromatic nitrogens is 4.